The van der Waals surface area contributed by atoms with E-state index >= 15 is 0 Å². The zero-order valence-electron chi connectivity index (χ0n) is 10.7. The molecule has 1 aliphatic rings. The van der Waals surface area contributed by atoms with Gasteiger partial charge in [0.25, 0.3) is 0 Å². The molecule has 1 atom stereocenters. The zero-order chi connectivity index (χ0) is 13.0. The third-order valence-electron chi connectivity index (χ3n) is 3.21. The molecule has 100 valence electrons. The molecule has 3 nitrogen and oxygen atoms in total. The minimum absolute atomic E-state index is 0.0108. The maximum atomic E-state index is 13.2. The predicted octanol–water partition coefficient (Wildman–Crippen LogP) is 2.53. The summed E-state index contributed by atoms with van der Waals surface area (Å²) in [4.78, 5) is 2.25. The van der Waals surface area contributed by atoms with E-state index in [1.54, 1.807) is 6.07 Å². The van der Waals surface area contributed by atoms with E-state index in [2.05, 4.69) is 4.90 Å². The molecule has 1 aromatic carbocycles. The normalized spacial score (nSPS) is 21.1. The number of rotatable bonds is 4. The van der Waals surface area contributed by atoms with Crippen LogP contribution in [0, 0.1) is 5.82 Å². The van der Waals surface area contributed by atoms with Crippen molar-refractivity contribution >= 4 is 0 Å². The van der Waals surface area contributed by atoms with Gasteiger partial charge in [0.1, 0.15) is 11.6 Å². The molecule has 1 aliphatic heterocycles. The molecule has 1 N–H and O–H groups in total. The van der Waals surface area contributed by atoms with Gasteiger partial charge in [-0.1, -0.05) is 0 Å². The number of piperidine rings is 1. The Morgan fingerprint density at radius 1 is 1.44 bits per heavy atom. The highest BCUT2D eigenvalue weighted by Crippen LogP contribution is 2.19. The van der Waals surface area contributed by atoms with Crippen LogP contribution < -0.4 is 0 Å². The van der Waals surface area contributed by atoms with Crippen LogP contribution in [-0.2, 0) is 11.3 Å². The van der Waals surface area contributed by atoms with Crippen LogP contribution in [0.1, 0.15) is 25.3 Å². The van der Waals surface area contributed by atoms with Crippen molar-refractivity contribution in [3.05, 3.63) is 29.6 Å². The molecular formula is C14H20FNO2. The monoisotopic (exact) mass is 253 g/mol. The van der Waals surface area contributed by atoms with E-state index in [1.165, 1.54) is 6.07 Å². The fourth-order valence-corrected chi connectivity index (χ4v) is 2.51. The molecule has 0 amide bonds. The molecule has 1 saturated heterocycles. The van der Waals surface area contributed by atoms with E-state index in [9.17, 15) is 9.50 Å². The van der Waals surface area contributed by atoms with Crippen LogP contribution in [0.5, 0.6) is 5.75 Å². The second kappa shape index (κ2) is 6.16. The number of hydrogen-bond donors (Lipinski definition) is 1. The SMILES string of the molecule is CCOC1CCCN(Cc2cc(O)cc(F)c2)C1. The Bertz CT molecular complexity index is 375. The number of benzene rings is 1. The Kier molecular flexibility index (Phi) is 4.55. The Morgan fingerprint density at radius 2 is 2.28 bits per heavy atom. The Morgan fingerprint density at radius 3 is 3.00 bits per heavy atom. The zero-order valence-corrected chi connectivity index (χ0v) is 10.7. The summed E-state index contributed by atoms with van der Waals surface area (Å²) >= 11 is 0. The first-order chi connectivity index (χ1) is 8.67. The Labute approximate surface area is 107 Å². The average molecular weight is 253 g/mol. The van der Waals surface area contributed by atoms with Crippen molar-refractivity contribution in [3.8, 4) is 5.75 Å². The van der Waals surface area contributed by atoms with Crippen molar-refractivity contribution in [2.24, 2.45) is 0 Å². The van der Waals surface area contributed by atoms with Gasteiger partial charge in [0.2, 0.25) is 0 Å². The van der Waals surface area contributed by atoms with Gasteiger partial charge in [0.05, 0.1) is 6.10 Å². The van der Waals surface area contributed by atoms with E-state index in [0.717, 1.165) is 44.2 Å². The van der Waals surface area contributed by atoms with Crippen molar-refractivity contribution in [2.45, 2.75) is 32.4 Å². The van der Waals surface area contributed by atoms with Crippen molar-refractivity contribution in [3.63, 3.8) is 0 Å². The summed E-state index contributed by atoms with van der Waals surface area (Å²) in [6, 6.07) is 4.22. The van der Waals surface area contributed by atoms with Gasteiger partial charge in [-0.2, -0.15) is 0 Å². The van der Waals surface area contributed by atoms with Crippen LogP contribution in [0.3, 0.4) is 0 Å². The highest BCUT2D eigenvalue weighted by molar-refractivity contribution is 5.28. The van der Waals surface area contributed by atoms with Gasteiger partial charge < -0.3 is 9.84 Å². The molecule has 18 heavy (non-hydrogen) atoms. The molecule has 1 heterocycles. The third-order valence-corrected chi connectivity index (χ3v) is 3.21. The summed E-state index contributed by atoms with van der Waals surface area (Å²) in [6.07, 6.45) is 2.48. The molecule has 0 aromatic heterocycles. The molecule has 1 unspecified atom stereocenters. The maximum Gasteiger partial charge on any atom is 0.127 e. The number of aromatic hydroxyl groups is 1. The molecule has 0 aliphatic carbocycles. The lowest BCUT2D eigenvalue weighted by Crippen LogP contribution is -2.39. The van der Waals surface area contributed by atoms with Crippen LogP contribution >= 0.6 is 0 Å². The lowest BCUT2D eigenvalue weighted by atomic mass is 10.1. The van der Waals surface area contributed by atoms with Gasteiger partial charge in [0, 0.05) is 25.8 Å². The van der Waals surface area contributed by atoms with Gasteiger partial charge in [-0.3, -0.25) is 4.90 Å². The van der Waals surface area contributed by atoms with Crippen molar-refractivity contribution in [1.29, 1.82) is 0 Å². The lowest BCUT2D eigenvalue weighted by Gasteiger charge is -2.32. The van der Waals surface area contributed by atoms with Crippen molar-refractivity contribution in [1.82, 2.24) is 4.90 Å². The van der Waals surface area contributed by atoms with Crippen LogP contribution in [0.25, 0.3) is 0 Å². The van der Waals surface area contributed by atoms with Crippen LogP contribution in [0.4, 0.5) is 4.39 Å². The summed E-state index contributed by atoms with van der Waals surface area (Å²) < 4.78 is 18.8. The number of halogens is 1. The number of nitrogens with zero attached hydrogens (tertiary/aromatic N) is 1. The van der Waals surface area contributed by atoms with Crippen LogP contribution in [-0.4, -0.2) is 35.8 Å². The van der Waals surface area contributed by atoms with Gasteiger partial charge >= 0.3 is 0 Å². The second-order valence-electron chi connectivity index (χ2n) is 4.77. The fraction of sp³-hybridized carbons (Fsp3) is 0.571. The average Bonchev–Trinajstić information content (AvgIpc) is 2.28. The van der Waals surface area contributed by atoms with E-state index in [-0.39, 0.29) is 17.7 Å². The molecule has 0 spiro atoms. The first-order valence-corrected chi connectivity index (χ1v) is 6.49. The molecular weight excluding hydrogens is 233 g/mol. The molecule has 0 radical (unpaired) electrons. The van der Waals surface area contributed by atoms with Gasteiger partial charge in [-0.15, -0.1) is 0 Å². The van der Waals surface area contributed by atoms with Gasteiger partial charge in [-0.25, -0.2) is 4.39 Å². The Balaban J connectivity index is 1.95. The lowest BCUT2D eigenvalue weighted by molar-refractivity contribution is 0.00361. The van der Waals surface area contributed by atoms with Crippen molar-refractivity contribution in [2.75, 3.05) is 19.7 Å². The molecule has 0 bridgehead atoms. The summed E-state index contributed by atoms with van der Waals surface area (Å²) in [6.45, 7) is 5.28. The summed E-state index contributed by atoms with van der Waals surface area (Å²) in [7, 11) is 0. The topological polar surface area (TPSA) is 32.7 Å². The molecule has 1 aromatic rings. The number of ether oxygens (including phenoxy) is 1. The number of phenolic OH excluding ortho intramolecular Hbond substituents is 1. The molecule has 1 fully saturated rings. The Hall–Kier alpha value is -1.13. The second-order valence-corrected chi connectivity index (χ2v) is 4.77. The predicted molar refractivity (Wildman–Crippen MR) is 68.0 cm³/mol. The van der Waals surface area contributed by atoms with Gasteiger partial charge in [-0.05, 0) is 44.0 Å². The minimum Gasteiger partial charge on any atom is -0.508 e. The molecule has 0 saturated carbocycles. The van der Waals surface area contributed by atoms with E-state index in [1.807, 2.05) is 6.92 Å². The first kappa shape index (κ1) is 13.3. The third kappa shape index (κ3) is 3.68. The minimum atomic E-state index is -0.386. The molecule has 2 rings (SSSR count). The van der Waals surface area contributed by atoms with Gasteiger partial charge in [0.15, 0.2) is 0 Å². The number of phenols is 1. The first-order valence-electron chi connectivity index (χ1n) is 6.49. The summed E-state index contributed by atoms with van der Waals surface area (Å²) in [5.74, 6) is -0.397. The highest BCUT2D eigenvalue weighted by Gasteiger charge is 2.20. The standard InChI is InChI=1S/C14H20FNO2/c1-2-18-14-4-3-5-16(10-14)9-11-6-12(15)8-13(17)7-11/h6-8,14,17H,2-5,9-10H2,1H3. The maximum absolute atomic E-state index is 13.2. The van der Waals surface area contributed by atoms with Crippen molar-refractivity contribution < 1.29 is 14.2 Å². The largest absolute Gasteiger partial charge is 0.508 e. The summed E-state index contributed by atoms with van der Waals surface area (Å²) in [5, 5.41) is 9.38. The van der Waals surface area contributed by atoms with E-state index < -0.39 is 0 Å². The highest BCUT2D eigenvalue weighted by atomic mass is 19.1. The quantitative estimate of drug-likeness (QED) is 0.895. The summed E-state index contributed by atoms with van der Waals surface area (Å²) in [5.41, 5.74) is 0.810. The van der Waals surface area contributed by atoms with Crippen LogP contribution in [0.15, 0.2) is 18.2 Å². The molecule has 4 heteroatoms. The van der Waals surface area contributed by atoms with Crippen LogP contribution in [0.2, 0.25) is 0 Å². The van der Waals surface area contributed by atoms with E-state index in [0.29, 0.717) is 6.54 Å². The smallest absolute Gasteiger partial charge is 0.127 e. The number of likely N-dealkylation sites (tertiary alicyclic amines) is 1. The fourth-order valence-electron chi connectivity index (χ4n) is 2.51. The van der Waals surface area contributed by atoms with E-state index in [4.69, 9.17) is 4.74 Å². The number of hydrogen-bond acceptors (Lipinski definition) is 3.